The Morgan fingerprint density at radius 1 is 1.20 bits per heavy atom. The van der Waals surface area contributed by atoms with E-state index in [0.717, 1.165) is 10.0 Å². The van der Waals surface area contributed by atoms with Gasteiger partial charge in [0.25, 0.3) is 0 Å². The normalized spacial score (nSPS) is 14.1. The Hall–Kier alpha value is -1.18. The number of sulfone groups is 1. The molecular formula is C18H22BrNO3S2. The molecule has 0 bridgehead atoms. The van der Waals surface area contributed by atoms with Crippen molar-refractivity contribution >= 4 is 43.0 Å². The average molecular weight is 444 g/mol. The van der Waals surface area contributed by atoms with E-state index in [1.54, 1.807) is 42.5 Å². The van der Waals surface area contributed by atoms with Crippen LogP contribution in [0.2, 0.25) is 0 Å². The van der Waals surface area contributed by atoms with Gasteiger partial charge in [0.05, 0.1) is 16.7 Å². The first-order valence-electron chi connectivity index (χ1n) is 7.96. The number of hydrogen-bond donors (Lipinski definition) is 1. The van der Waals surface area contributed by atoms with Crippen molar-refractivity contribution in [1.82, 2.24) is 5.32 Å². The second kappa shape index (κ2) is 8.01. The van der Waals surface area contributed by atoms with Gasteiger partial charge < -0.3 is 5.32 Å². The lowest BCUT2D eigenvalue weighted by molar-refractivity contribution is -0.124. The zero-order chi connectivity index (χ0) is 18.8. The summed E-state index contributed by atoms with van der Waals surface area (Å²) in [5, 5.41) is 2.93. The first kappa shape index (κ1) is 20.1. The van der Waals surface area contributed by atoms with Gasteiger partial charge in [0, 0.05) is 20.1 Å². The molecule has 7 heteroatoms. The quantitative estimate of drug-likeness (QED) is 0.718. The van der Waals surface area contributed by atoms with Crippen LogP contribution in [0.25, 0.3) is 0 Å². The summed E-state index contributed by atoms with van der Waals surface area (Å²) < 4.78 is 25.8. The molecular weight excluding hydrogens is 422 g/mol. The van der Waals surface area contributed by atoms with Crippen LogP contribution in [0.3, 0.4) is 0 Å². The van der Waals surface area contributed by atoms with Crippen LogP contribution in [0.15, 0.2) is 39.7 Å². The van der Waals surface area contributed by atoms with Crippen LogP contribution in [0.5, 0.6) is 0 Å². The highest BCUT2D eigenvalue weighted by atomic mass is 79.9. The van der Waals surface area contributed by atoms with Gasteiger partial charge in [0.15, 0.2) is 9.84 Å². The summed E-state index contributed by atoms with van der Waals surface area (Å²) in [5.41, 5.74) is 1.08. The molecule has 2 rings (SSSR count). The van der Waals surface area contributed by atoms with Gasteiger partial charge in [-0.1, -0.05) is 22.9 Å². The number of aryl methyl sites for hydroxylation is 2. The molecule has 0 saturated carbocycles. The van der Waals surface area contributed by atoms with Crippen molar-refractivity contribution in [2.75, 3.05) is 5.75 Å². The van der Waals surface area contributed by atoms with E-state index >= 15 is 0 Å². The number of rotatable bonds is 6. The topological polar surface area (TPSA) is 63.2 Å². The van der Waals surface area contributed by atoms with Crippen LogP contribution in [0.1, 0.15) is 35.2 Å². The minimum Gasteiger partial charge on any atom is -0.349 e. The fourth-order valence-electron chi connectivity index (χ4n) is 2.66. The minimum atomic E-state index is -3.51. The van der Waals surface area contributed by atoms with E-state index in [2.05, 4.69) is 27.3 Å². The number of benzene rings is 1. The number of nitrogens with one attached hydrogen (secondary N) is 1. The molecule has 2 aromatic rings. The summed E-state index contributed by atoms with van der Waals surface area (Å²) in [6.45, 7) is 7.62. The number of hydrogen-bond acceptors (Lipinski definition) is 4. The maximum absolute atomic E-state index is 12.5. The van der Waals surface area contributed by atoms with E-state index < -0.39 is 15.8 Å². The Kier molecular flexibility index (Phi) is 6.45. The molecule has 0 aliphatic rings. The zero-order valence-electron chi connectivity index (χ0n) is 14.7. The van der Waals surface area contributed by atoms with Gasteiger partial charge in [-0.25, -0.2) is 8.42 Å². The van der Waals surface area contributed by atoms with Crippen molar-refractivity contribution in [3.8, 4) is 0 Å². The number of amides is 1. The van der Waals surface area contributed by atoms with Crippen LogP contribution < -0.4 is 5.32 Å². The number of carbonyl (C=O) groups excluding carboxylic acids is 1. The predicted molar refractivity (Wildman–Crippen MR) is 106 cm³/mol. The Morgan fingerprint density at radius 3 is 2.32 bits per heavy atom. The molecule has 1 N–H and O–H groups in total. The highest BCUT2D eigenvalue weighted by Crippen LogP contribution is 2.26. The maximum atomic E-state index is 12.5. The summed E-state index contributed by atoms with van der Waals surface area (Å²) in [5.74, 6) is -1.10. The summed E-state index contributed by atoms with van der Waals surface area (Å²) in [4.78, 5) is 15.0. The maximum Gasteiger partial charge on any atom is 0.224 e. The van der Waals surface area contributed by atoms with Crippen molar-refractivity contribution in [2.24, 2.45) is 5.92 Å². The van der Waals surface area contributed by atoms with Gasteiger partial charge in [0.1, 0.15) is 0 Å². The zero-order valence-corrected chi connectivity index (χ0v) is 17.9. The lowest BCUT2D eigenvalue weighted by Crippen LogP contribution is -2.34. The fraction of sp³-hybridized carbons (Fsp3) is 0.389. The molecule has 0 unspecified atom stereocenters. The standard InChI is InChI=1S/C18H22BrNO3S2/c1-11(10-25(22,23)16-7-5-15(19)6-8-16)18(21)20-13(3)17-9-12(2)24-14(17)4/h5-9,11,13H,10H2,1-4H3,(H,20,21)/t11-,13+/m0/s1. The third kappa shape index (κ3) is 5.15. The van der Waals surface area contributed by atoms with E-state index in [4.69, 9.17) is 0 Å². The summed E-state index contributed by atoms with van der Waals surface area (Å²) in [7, 11) is -3.51. The van der Waals surface area contributed by atoms with Crippen LogP contribution in [0, 0.1) is 19.8 Å². The molecule has 136 valence electrons. The highest BCUT2D eigenvalue weighted by Gasteiger charge is 2.25. The van der Waals surface area contributed by atoms with Gasteiger partial charge in [-0.2, -0.15) is 0 Å². The Balaban J connectivity index is 2.04. The van der Waals surface area contributed by atoms with Gasteiger partial charge in [-0.3, -0.25) is 4.79 Å². The van der Waals surface area contributed by atoms with Crippen LogP contribution in [0.4, 0.5) is 0 Å². The number of thiophene rings is 1. The highest BCUT2D eigenvalue weighted by molar-refractivity contribution is 9.10. The molecule has 1 aromatic heterocycles. The Bertz CT molecular complexity index is 857. The molecule has 1 heterocycles. The first-order chi connectivity index (χ1) is 11.6. The molecule has 0 aliphatic heterocycles. The fourth-order valence-corrected chi connectivity index (χ4v) is 5.50. The van der Waals surface area contributed by atoms with Crippen molar-refractivity contribution < 1.29 is 13.2 Å². The SMILES string of the molecule is Cc1cc([C@@H](C)NC(=O)[C@@H](C)CS(=O)(=O)c2ccc(Br)cc2)c(C)s1. The molecule has 1 amide bonds. The minimum absolute atomic E-state index is 0.143. The Labute approximate surface area is 161 Å². The smallest absolute Gasteiger partial charge is 0.224 e. The van der Waals surface area contributed by atoms with Crippen molar-refractivity contribution in [2.45, 2.75) is 38.6 Å². The monoisotopic (exact) mass is 443 g/mol. The molecule has 4 nitrogen and oxygen atoms in total. The first-order valence-corrected chi connectivity index (χ1v) is 11.2. The van der Waals surface area contributed by atoms with Gasteiger partial charge >= 0.3 is 0 Å². The van der Waals surface area contributed by atoms with Crippen LogP contribution >= 0.6 is 27.3 Å². The van der Waals surface area contributed by atoms with Gasteiger partial charge in [0.2, 0.25) is 5.91 Å². The summed E-state index contributed by atoms with van der Waals surface area (Å²) in [6.07, 6.45) is 0. The van der Waals surface area contributed by atoms with Crippen LogP contribution in [-0.2, 0) is 14.6 Å². The van der Waals surface area contributed by atoms with E-state index in [0.29, 0.717) is 0 Å². The largest absolute Gasteiger partial charge is 0.349 e. The van der Waals surface area contributed by atoms with E-state index in [9.17, 15) is 13.2 Å². The van der Waals surface area contributed by atoms with E-state index in [1.165, 1.54) is 9.75 Å². The van der Waals surface area contributed by atoms with E-state index in [-0.39, 0.29) is 22.6 Å². The molecule has 1 aromatic carbocycles. The summed E-state index contributed by atoms with van der Waals surface area (Å²) in [6, 6.07) is 8.38. The van der Waals surface area contributed by atoms with E-state index in [1.807, 2.05) is 20.8 Å². The summed E-state index contributed by atoms with van der Waals surface area (Å²) >= 11 is 4.98. The molecule has 0 spiro atoms. The number of halogens is 1. The molecule has 0 aliphatic carbocycles. The average Bonchev–Trinajstić information content (AvgIpc) is 2.85. The van der Waals surface area contributed by atoms with Crippen molar-refractivity contribution in [1.29, 1.82) is 0 Å². The second-order valence-corrected chi connectivity index (χ2v) is 10.6. The van der Waals surface area contributed by atoms with Crippen molar-refractivity contribution in [3.63, 3.8) is 0 Å². The molecule has 0 radical (unpaired) electrons. The Morgan fingerprint density at radius 2 is 1.80 bits per heavy atom. The molecule has 0 fully saturated rings. The third-order valence-electron chi connectivity index (χ3n) is 3.99. The lowest BCUT2D eigenvalue weighted by Gasteiger charge is -2.18. The second-order valence-electron chi connectivity index (χ2n) is 6.24. The predicted octanol–water partition coefficient (Wildman–Crippen LogP) is 4.41. The molecule has 0 saturated heterocycles. The third-order valence-corrected chi connectivity index (χ3v) is 7.43. The molecule has 25 heavy (non-hydrogen) atoms. The van der Waals surface area contributed by atoms with Gasteiger partial charge in [-0.15, -0.1) is 11.3 Å². The number of carbonyl (C=O) groups is 1. The van der Waals surface area contributed by atoms with Gasteiger partial charge in [-0.05, 0) is 56.7 Å². The van der Waals surface area contributed by atoms with Crippen molar-refractivity contribution in [3.05, 3.63) is 50.1 Å². The molecule has 2 atom stereocenters. The lowest BCUT2D eigenvalue weighted by atomic mass is 10.1. The van der Waals surface area contributed by atoms with Crippen LogP contribution in [-0.4, -0.2) is 20.1 Å².